The van der Waals surface area contributed by atoms with Crippen LogP contribution in [0.4, 0.5) is 0 Å². The van der Waals surface area contributed by atoms with Gasteiger partial charge >= 0.3 is 0 Å². The molecular formula is C17H25N3O. The van der Waals surface area contributed by atoms with Gasteiger partial charge in [0.05, 0.1) is 19.2 Å². The van der Waals surface area contributed by atoms with E-state index in [1.807, 2.05) is 6.07 Å². The number of ether oxygens (including phenoxy) is 1. The molecule has 1 atom stereocenters. The Morgan fingerprint density at radius 1 is 1.38 bits per heavy atom. The predicted molar refractivity (Wildman–Crippen MR) is 86.3 cm³/mol. The van der Waals surface area contributed by atoms with Gasteiger partial charge in [0.2, 0.25) is 0 Å². The second-order valence-corrected chi connectivity index (χ2v) is 5.61. The van der Waals surface area contributed by atoms with E-state index >= 15 is 0 Å². The Bertz CT molecular complexity index is 533. The monoisotopic (exact) mass is 287 g/mol. The molecule has 114 valence electrons. The van der Waals surface area contributed by atoms with E-state index in [1.54, 1.807) is 7.11 Å². The second-order valence-electron chi connectivity index (χ2n) is 5.61. The van der Waals surface area contributed by atoms with Crippen molar-refractivity contribution >= 4 is 0 Å². The zero-order valence-electron chi connectivity index (χ0n) is 13.2. The zero-order chi connectivity index (χ0) is 15.2. The SMILES string of the molecule is COc1ccc(CN2CCN(C)C(C)C2)cc1C#CCN. The van der Waals surface area contributed by atoms with Gasteiger partial charge in [-0.2, -0.15) is 0 Å². The normalized spacial score (nSPS) is 19.9. The molecule has 0 aromatic heterocycles. The molecule has 1 aliphatic rings. The molecule has 1 aromatic carbocycles. The van der Waals surface area contributed by atoms with Crippen LogP contribution in [0.1, 0.15) is 18.1 Å². The smallest absolute Gasteiger partial charge is 0.134 e. The van der Waals surface area contributed by atoms with Gasteiger partial charge in [-0.05, 0) is 31.7 Å². The number of hydrogen-bond acceptors (Lipinski definition) is 4. The topological polar surface area (TPSA) is 41.7 Å². The largest absolute Gasteiger partial charge is 0.495 e. The highest BCUT2D eigenvalue weighted by Crippen LogP contribution is 2.20. The highest BCUT2D eigenvalue weighted by molar-refractivity contribution is 5.48. The van der Waals surface area contributed by atoms with Crippen LogP contribution in [0, 0.1) is 11.8 Å². The third-order valence-electron chi connectivity index (χ3n) is 4.04. The molecule has 0 radical (unpaired) electrons. The van der Waals surface area contributed by atoms with E-state index in [2.05, 4.69) is 47.7 Å². The third-order valence-corrected chi connectivity index (χ3v) is 4.04. The second kappa shape index (κ2) is 7.46. The quantitative estimate of drug-likeness (QED) is 0.847. The Balaban J connectivity index is 2.10. The van der Waals surface area contributed by atoms with Crippen molar-refractivity contribution in [1.82, 2.24) is 9.80 Å². The summed E-state index contributed by atoms with van der Waals surface area (Å²) < 4.78 is 5.35. The molecule has 4 heteroatoms. The number of piperazine rings is 1. The number of benzene rings is 1. The fourth-order valence-electron chi connectivity index (χ4n) is 2.62. The van der Waals surface area contributed by atoms with Crippen LogP contribution in [0.15, 0.2) is 18.2 Å². The minimum atomic E-state index is 0.364. The molecule has 2 N–H and O–H groups in total. The average molecular weight is 287 g/mol. The summed E-state index contributed by atoms with van der Waals surface area (Å²) in [5.41, 5.74) is 7.65. The fourth-order valence-corrected chi connectivity index (χ4v) is 2.62. The van der Waals surface area contributed by atoms with Crippen LogP contribution in [-0.2, 0) is 6.54 Å². The van der Waals surface area contributed by atoms with Crippen LogP contribution < -0.4 is 10.5 Å². The number of likely N-dealkylation sites (N-methyl/N-ethyl adjacent to an activating group) is 1. The van der Waals surface area contributed by atoms with Gasteiger partial charge in [0.15, 0.2) is 0 Å². The lowest BCUT2D eigenvalue weighted by atomic mass is 10.1. The van der Waals surface area contributed by atoms with E-state index in [0.29, 0.717) is 12.6 Å². The summed E-state index contributed by atoms with van der Waals surface area (Å²) in [4.78, 5) is 4.90. The first kappa shape index (κ1) is 15.8. The van der Waals surface area contributed by atoms with Crippen LogP contribution in [0.25, 0.3) is 0 Å². The van der Waals surface area contributed by atoms with Gasteiger partial charge in [0.25, 0.3) is 0 Å². The van der Waals surface area contributed by atoms with Crippen molar-refractivity contribution in [2.75, 3.05) is 40.3 Å². The number of rotatable bonds is 3. The predicted octanol–water partition coefficient (Wildman–Crippen LogP) is 1.14. The Morgan fingerprint density at radius 2 is 2.19 bits per heavy atom. The maximum atomic E-state index is 5.46. The first-order chi connectivity index (χ1) is 10.1. The fraction of sp³-hybridized carbons (Fsp3) is 0.529. The van der Waals surface area contributed by atoms with E-state index in [-0.39, 0.29) is 0 Å². The summed E-state index contributed by atoms with van der Waals surface area (Å²) in [6, 6.07) is 6.84. The summed E-state index contributed by atoms with van der Waals surface area (Å²) in [6.07, 6.45) is 0. The van der Waals surface area contributed by atoms with Crippen LogP contribution >= 0.6 is 0 Å². The Kier molecular flexibility index (Phi) is 5.63. The molecule has 1 aliphatic heterocycles. The third kappa shape index (κ3) is 4.21. The Hall–Kier alpha value is -1.54. The maximum absolute atomic E-state index is 5.46. The Morgan fingerprint density at radius 3 is 2.86 bits per heavy atom. The summed E-state index contributed by atoms with van der Waals surface area (Å²) in [5, 5.41) is 0. The van der Waals surface area contributed by atoms with Gasteiger partial charge < -0.3 is 15.4 Å². The van der Waals surface area contributed by atoms with Crippen molar-refractivity contribution in [2.24, 2.45) is 5.73 Å². The first-order valence-electron chi connectivity index (χ1n) is 7.42. The van der Waals surface area contributed by atoms with Crippen molar-refractivity contribution < 1.29 is 4.74 Å². The molecule has 0 spiro atoms. The Labute approximate surface area is 127 Å². The van der Waals surface area contributed by atoms with Crippen LogP contribution in [0.5, 0.6) is 5.75 Å². The molecule has 0 aliphatic carbocycles. The minimum absolute atomic E-state index is 0.364. The standard InChI is InChI=1S/C17H25N3O/c1-14-12-20(10-9-19(14)2)13-15-6-7-17(21-3)16(11-15)5-4-8-18/h6-7,11,14H,8-10,12-13,18H2,1-3H3. The molecule has 1 fully saturated rings. The summed E-state index contributed by atoms with van der Waals surface area (Å²) >= 11 is 0. The molecule has 2 rings (SSSR count). The molecule has 0 amide bonds. The van der Waals surface area contributed by atoms with Gasteiger partial charge in [-0.1, -0.05) is 17.9 Å². The number of nitrogens with zero attached hydrogens (tertiary/aromatic N) is 2. The van der Waals surface area contributed by atoms with Crippen molar-refractivity contribution in [1.29, 1.82) is 0 Å². The number of nitrogens with two attached hydrogens (primary N) is 1. The summed E-state index contributed by atoms with van der Waals surface area (Å²) in [5.74, 6) is 6.80. The lowest BCUT2D eigenvalue weighted by Crippen LogP contribution is -2.49. The van der Waals surface area contributed by atoms with Gasteiger partial charge in [0, 0.05) is 32.2 Å². The molecule has 21 heavy (non-hydrogen) atoms. The molecular weight excluding hydrogens is 262 g/mol. The number of methoxy groups -OCH3 is 1. The van der Waals surface area contributed by atoms with Crippen LogP contribution in [0.2, 0.25) is 0 Å². The molecule has 0 bridgehead atoms. The molecule has 4 nitrogen and oxygen atoms in total. The van der Waals surface area contributed by atoms with Crippen molar-refractivity contribution in [2.45, 2.75) is 19.5 Å². The summed E-state index contributed by atoms with van der Waals surface area (Å²) in [6.45, 7) is 6.93. The average Bonchev–Trinajstić information content (AvgIpc) is 2.49. The molecule has 0 saturated carbocycles. The van der Waals surface area contributed by atoms with Crippen LogP contribution in [0.3, 0.4) is 0 Å². The molecule has 1 saturated heterocycles. The maximum Gasteiger partial charge on any atom is 0.134 e. The molecule has 1 aromatic rings. The lowest BCUT2D eigenvalue weighted by molar-refractivity contribution is 0.1000. The molecule has 1 unspecified atom stereocenters. The first-order valence-corrected chi connectivity index (χ1v) is 7.42. The van der Waals surface area contributed by atoms with Gasteiger partial charge in [0.1, 0.15) is 5.75 Å². The van der Waals surface area contributed by atoms with Crippen molar-refractivity contribution in [3.05, 3.63) is 29.3 Å². The lowest BCUT2D eigenvalue weighted by Gasteiger charge is -2.37. The highest BCUT2D eigenvalue weighted by atomic mass is 16.5. The number of hydrogen-bond donors (Lipinski definition) is 1. The summed E-state index contributed by atoms with van der Waals surface area (Å²) in [7, 11) is 3.86. The van der Waals surface area contributed by atoms with E-state index in [4.69, 9.17) is 10.5 Å². The molecule has 1 heterocycles. The van der Waals surface area contributed by atoms with Gasteiger partial charge in [-0.3, -0.25) is 4.90 Å². The minimum Gasteiger partial charge on any atom is -0.495 e. The van der Waals surface area contributed by atoms with Crippen molar-refractivity contribution in [3.63, 3.8) is 0 Å². The van der Waals surface area contributed by atoms with E-state index in [9.17, 15) is 0 Å². The highest BCUT2D eigenvalue weighted by Gasteiger charge is 2.20. The van der Waals surface area contributed by atoms with Crippen molar-refractivity contribution in [3.8, 4) is 17.6 Å². The van der Waals surface area contributed by atoms with Crippen LogP contribution in [-0.4, -0.2) is 56.2 Å². The van der Waals surface area contributed by atoms with E-state index in [1.165, 1.54) is 5.56 Å². The van der Waals surface area contributed by atoms with Gasteiger partial charge in [-0.15, -0.1) is 0 Å². The zero-order valence-corrected chi connectivity index (χ0v) is 13.2. The van der Waals surface area contributed by atoms with E-state index in [0.717, 1.165) is 37.5 Å². The van der Waals surface area contributed by atoms with Gasteiger partial charge in [-0.25, -0.2) is 0 Å². The van der Waals surface area contributed by atoms with E-state index < -0.39 is 0 Å².